The number of hydrogen-bond donors (Lipinski definition) is 1. The molecule has 210 valence electrons. The second kappa shape index (κ2) is 9.78. The molecule has 0 aromatic heterocycles. The van der Waals surface area contributed by atoms with Crippen molar-refractivity contribution in [2.45, 2.75) is 43.0 Å². The Morgan fingerprint density at radius 2 is 1.82 bits per heavy atom. The van der Waals surface area contributed by atoms with Crippen molar-refractivity contribution in [3.05, 3.63) is 87.5 Å². The van der Waals surface area contributed by atoms with Crippen molar-refractivity contribution in [3.63, 3.8) is 0 Å². The number of nitro groups is 1. The molecule has 2 heterocycles. The van der Waals surface area contributed by atoms with Gasteiger partial charge in [0.15, 0.2) is 0 Å². The van der Waals surface area contributed by atoms with Crippen LogP contribution in [0.3, 0.4) is 0 Å². The van der Waals surface area contributed by atoms with Crippen LogP contribution in [0.4, 0.5) is 17.1 Å². The van der Waals surface area contributed by atoms with Crippen LogP contribution in [0.15, 0.2) is 65.6 Å². The average Bonchev–Trinajstić information content (AvgIpc) is 3.24. The highest BCUT2D eigenvalue weighted by atomic mass is 32.2. The highest BCUT2D eigenvalue weighted by molar-refractivity contribution is 7.89. The van der Waals surface area contributed by atoms with Crippen LogP contribution in [-0.4, -0.2) is 52.7 Å². The Bertz CT molecular complexity index is 1580. The van der Waals surface area contributed by atoms with E-state index in [1.54, 1.807) is 20.1 Å². The standard InChI is InChI=1S/C30H34N4O5S/c1-20-7-9-22(10-8-20)30-16-23(30)17-33(19-30)27-11-12-28(21(2)29(27)34(35)36)40(37,38)31-24-13-14-32(18-24)25-5-4-6-26(15-25)39-3/h4-12,15,23-24,31H,13-14,16-19H2,1-3H3. The fourth-order valence-corrected chi connectivity index (χ4v) is 8.13. The zero-order valence-corrected chi connectivity index (χ0v) is 23.8. The number of piperidine rings is 1. The van der Waals surface area contributed by atoms with Crippen molar-refractivity contribution in [2.24, 2.45) is 5.92 Å². The lowest BCUT2D eigenvalue weighted by atomic mass is 9.94. The van der Waals surface area contributed by atoms with E-state index < -0.39 is 14.9 Å². The van der Waals surface area contributed by atoms with Crippen LogP contribution in [0, 0.1) is 29.9 Å². The molecule has 3 atom stereocenters. The molecule has 3 aliphatic rings. The van der Waals surface area contributed by atoms with Gasteiger partial charge in [0.25, 0.3) is 5.69 Å². The molecule has 9 nitrogen and oxygen atoms in total. The number of ether oxygens (including phenoxy) is 1. The largest absolute Gasteiger partial charge is 0.497 e. The minimum atomic E-state index is -3.97. The fourth-order valence-electron chi connectivity index (χ4n) is 6.62. The maximum absolute atomic E-state index is 13.5. The van der Waals surface area contributed by atoms with Crippen LogP contribution >= 0.6 is 0 Å². The number of anilines is 2. The van der Waals surface area contributed by atoms with Crippen molar-refractivity contribution in [1.82, 2.24) is 4.72 Å². The van der Waals surface area contributed by atoms with Gasteiger partial charge in [-0.2, -0.15) is 0 Å². The molecular weight excluding hydrogens is 528 g/mol. The molecular formula is C30H34N4O5S. The zero-order chi connectivity index (χ0) is 28.2. The molecule has 6 rings (SSSR count). The average molecular weight is 563 g/mol. The lowest BCUT2D eigenvalue weighted by Crippen LogP contribution is -2.37. The van der Waals surface area contributed by atoms with E-state index in [4.69, 9.17) is 4.74 Å². The van der Waals surface area contributed by atoms with Gasteiger partial charge in [-0.25, -0.2) is 13.1 Å². The molecule has 0 radical (unpaired) electrons. The molecule has 3 unspecified atom stereocenters. The van der Waals surface area contributed by atoms with E-state index in [1.807, 2.05) is 24.3 Å². The van der Waals surface area contributed by atoms with Crippen molar-refractivity contribution in [3.8, 4) is 5.75 Å². The smallest absolute Gasteiger partial charge is 0.296 e. The Morgan fingerprint density at radius 1 is 1.05 bits per heavy atom. The number of nitro benzene ring substituents is 1. The van der Waals surface area contributed by atoms with Gasteiger partial charge in [0.1, 0.15) is 11.4 Å². The number of nitrogens with zero attached hydrogens (tertiary/aromatic N) is 3. The lowest BCUT2D eigenvalue weighted by molar-refractivity contribution is -0.384. The zero-order valence-electron chi connectivity index (χ0n) is 23.0. The molecule has 0 bridgehead atoms. The van der Waals surface area contributed by atoms with Crippen LogP contribution in [0.1, 0.15) is 29.5 Å². The summed E-state index contributed by atoms with van der Waals surface area (Å²) < 4.78 is 35.1. The van der Waals surface area contributed by atoms with Crippen LogP contribution in [0.2, 0.25) is 0 Å². The number of nitrogens with one attached hydrogen (secondary N) is 1. The highest BCUT2D eigenvalue weighted by Crippen LogP contribution is 2.60. The van der Waals surface area contributed by atoms with E-state index in [-0.39, 0.29) is 27.6 Å². The molecule has 3 fully saturated rings. The summed E-state index contributed by atoms with van der Waals surface area (Å²) in [6, 6.07) is 19.1. The third-order valence-electron chi connectivity index (χ3n) is 8.87. The summed E-state index contributed by atoms with van der Waals surface area (Å²) in [6.07, 6.45) is 1.70. The van der Waals surface area contributed by atoms with E-state index in [9.17, 15) is 18.5 Å². The van der Waals surface area contributed by atoms with Crippen molar-refractivity contribution >= 4 is 27.1 Å². The van der Waals surface area contributed by atoms with E-state index in [0.717, 1.165) is 24.4 Å². The van der Waals surface area contributed by atoms with E-state index in [1.165, 1.54) is 17.2 Å². The number of aryl methyl sites for hydroxylation is 1. The van der Waals surface area contributed by atoms with Gasteiger partial charge in [0.2, 0.25) is 10.0 Å². The highest BCUT2D eigenvalue weighted by Gasteiger charge is 2.61. The van der Waals surface area contributed by atoms with Gasteiger partial charge in [-0.3, -0.25) is 10.1 Å². The molecule has 1 N–H and O–H groups in total. The molecule has 1 saturated carbocycles. The van der Waals surface area contributed by atoms with Crippen molar-refractivity contribution in [1.29, 1.82) is 0 Å². The van der Waals surface area contributed by atoms with Gasteiger partial charge >= 0.3 is 0 Å². The minimum absolute atomic E-state index is 0.0128. The number of benzene rings is 3. The van der Waals surface area contributed by atoms with Gasteiger partial charge in [0, 0.05) is 55.0 Å². The van der Waals surface area contributed by atoms with Gasteiger partial charge in [-0.1, -0.05) is 35.9 Å². The van der Waals surface area contributed by atoms with Crippen molar-refractivity contribution in [2.75, 3.05) is 43.1 Å². The first kappa shape index (κ1) is 26.6. The van der Waals surface area contributed by atoms with E-state index in [0.29, 0.717) is 37.7 Å². The summed E-state index contributed by atoms with van der Waals surface area (Å²) in [5, 5.41) is 12.3. The molecule has 1 aliphatic carbocycles. The predicted molar refractivity (Wildman–Crippen MR) is 155 cm³/mol. The van der Waals surface area contributed by atoms with Crippen LogP contribution < -0.4 is 19.3 Å². The minimum Gasteiger partial charge on any atom is -0.497 e. The summed E-state index contributed by atoms with van der Waals surface area (Å²) in [5.74, 6) is 1.18. The summed E-state index contributed by atoms with van der Waals surface area (Å²) in [4.78, 5) is 16.0. The summed E-state index contributed by atoms with van der Waals surface area (Å²) in [6.45, 7) is 6.21. The first-order chi connectivity index (χ1) is 19.1. The molecule has 2 saturated heterocycles. The Balaban J connectivity index is 1.22. The summed E-state index contributed by atoms with van der Waals surface area (Å²) in [5.41, 5.74) is 3.98. The normalized spacial score (nSPS) is 23.8. The van der Waals surface area contributed by atoms with E-state index in [2.05, 4.69) is 45.7 Å². The molecule has 3 aromatic carbocycles. The van der Waals surface area contributed by atoms with E-state index >= 15 is 0 Å². The predicted octanol–water partition coefficient (Wildman–Crippen LogP) is 4.56. The van der Waals surface area contributed by atoms with Gasteiger partial charge in [0.05, 0.1) is 16.9 Å². The van der Waals surface area contributed by atoms with Crippen molar-refractivity contribution < 1.29 is 18.1 Å². The second-order valence-corrected chi connectivity index (χ2v) is 13.1. The Kier molecular flexibility index (Phi) is 6.50. The number of methoxy groups -OCH3 is 1. The molecule has 2 aliphatic heterocycles. The number of hydrogen-bond acceptors (Lipinski definition) is 7. The summed E-state index contributed by atoms with van der Waals surface area (Å²) >= 11 is 0. The monoisotopic (exact) mass is 562 g/mol. The first-order valence-corrected chi connectivity index (χ1v) is 15.1. The maximum Gasteiger partial charge on any atom is 0.296 e. The summed E-state index contributed by atoms with van der Waals surface area (Å²) in [7, 11) is -2.36. The third-order valence-corrected chi connectivity index (χ3v) is 10.5. The lowest BCUT2D eigenvalue weighted by Gasteiger charge is -2.24. The molecule has 0 amide bonds. The first-order valence-electron chi connectivity index (χ1n) is 13.6. The van der Waals surface area contributed by atoms with Crippen LogP contribution in [-0.2, 0) is 15.4 Å². The SMILES string of the molecule is COc1cccc(N2CCC(NS(=O)(=O)c3ccc(N4CC5CC5(c5ccc(C)cc5)C4)c([N+](=O)[O-])c3C)C2)c1. The number of rotatable bonds is 8. The van der Waals surface area contributed by atoms with Gasteiger partial charge in [-0.15, -0.1) is 0 Å². The Morgan fingerprint density at radius 3 is 2.55 bits per heavy atom. The molecule has 3 aromatic rings. The van der Waals surface area contributed by atoms with Gasteiger partial charge < -0.3 is 14.5 Å². The maximum atomic E-state index is 13.5. The Hall–Kier alpha value is -3.63. The molecule has 0 spiro atoms. The van der Waals surface area contributed by atoms with Crippen LogP contribution in [0.25, 0.3) is 0 Å². The quantitative estimate of drug-likeness (QED) is 0.317. The number of sulfonamides is 1. The number of fused-ring (bicyclic) bond motifs is 1. The topological polar surface area (TPSA) is 105 Å². The molecule has 10 heteroatoms. The third kappa shape index (κ3) is 4.58. The van der Waals surface area contributed by atoms with Crippen LogP contribution in [0.5, 0.6) is 5.75 Å². The fraction of sp³-hybridized carbons (Fsp3) is 0.400. The molecule has 40 heavy (non-hydrogen) atoms. The Labute approximate surface area is 235 Å². The van der Waals surface area contributed by atoms with Gasteiger partial charge in [-0.05, 0) is 62.4 Å². The second-order valence-electron chi connectivity index (χ2n) is 11.4.